The molecule has 0 N–H and O–H groups in total. The summed E-state index contributed by atoms with van der Waals surface area (Å²) in [5.74, 6) is 0.711. The summed E-state index contributed by atoms with van der Waals surface area (Å²) in [4.78, 5) is 6.95. The van der Waals surface area contributed by atoms with Gasteiger partial charge in [0, 0.05) is 20.1 Å². The van der Waals surface area contributed by atoms with Crippen LogP contribution in [0.4, 0.5) is 11.6 Å². The van der Waals surface area contributed by atoms with Crippen molar-refractivity contribution in [3.05, 3.63) is 75.9 Å². The van der Waals surface area contributed by atoms with E-state index >= 15 is 0 Å². The van der Waals surface area contributed by atoms with E-state index in [0.717, 1.165) is 22.4 Å². The molecule has 5 nitrogen and oxygen atoms in total. The second-order valence-electron chi connectivity index (χ2n) is 5.59. The first-order valence-corrected chi connectivity index (χ1v) is 7.36. The van der Waals surface area contributed by atoms with Crippen molar-refractivity contribution in [3.8, 4) is 17.1 Å². The summed E-state index contributed by atoms with van der Waals surface area (Å²) in [5, 5.41) is 8.19. The molecule has 1 heterocycles. The number of benzene rings is 2. The Bertz CT molecular complexity index is 998. The first-order valence-electron chi connectivity index (χ1n) is 7.36. The quantitative estimate of drug-likeness (QED) is 0.472. The minimum Gasteiger partial charge on any atom is -0.395 e. The van der Waals surface area contributed by atoms with Gasteiger partial charge in [-0.3, -0.25) is 9.41 Å². The minimum absolute atomic E-state index is 0. The Morgan fingerprint density at radius 1 is 1.00 bits per heavy atom. The van der Waals surface area contributed by atoms with Crippen LogP contribution in [0, 0.1) is 40.0 Å². The second kappa shape index (κ2) is 7.40. The van der Waals surface area contributed by atoms with Crippen LogP contribution in [-0.4, -0.2) is 14.8 Å². The fourth-order valence-corrected chi connectivity index (χ4v) is 2.91. The molecule has 0 fully saturated rings. The number of hydrogen-bond acceptors (Lipinski definition) is 2. The van der Waals surface area contributed by atoms with E-state index < -0.39 is 0 Å². The molecule has 1 radical (unpaired) electrons. The number of aromatic nitrogens is 3. The molecular formula is C19H14IrN5-. The van der Waals surface area contributed by atoms with E-state index in [1.807, 2.05) is 20.8 Å². The predicted molar refractivity (Wildman–Crippen MR) is 92.4 cm³/mol. The van der Waals surface area contributed by atoms with Crippen molar-refractivity contribution in [2.45, 2.75) is 20.8 Å². The second-order valence-corrected chi connectivity index (χ2v) is 5.59. The van der Waals surface area contributed by atoms with Gasteiger partial charge in [-0.15, -0.1) is 35.4 Å². The molecule has 0 saturated heterocycles. The summed E-state index contributed by atoms with van der Waals surface area (Å²) in [6.07, 6.45) is 0. The van der Waals surface area contributed by atoms with E-state index in [4.69, 9.17) is 13.1 Å². The first kappa shape index (κ1) is 18.5. The van der Waals surface area contributed by atoms with Gasteiger partial charge in [-0.2, -0.15) is 6.07 Å². The summed E-state index contributed by atoms with van der Waals surface area (Å²) in [7, 11) is 0. The van der Waals surface area contributed by atoms with Crippen LogP contribution in [0.2, 0.25) is 0 Å². The summed E-state index contributed by atoms with van der Waals surface area (Å²) < 4.78 is 1.75. The predicted octanol–water partition coefficient (Wildman–Crippen LogP) is 4.76. The van der Waals surface area contributed by atoms with Crippen molar-refractivity contribution in [1.29, 1.82) is 0 Å². The molecule has 125 valence electrons. The normalized spacial score (nSPS) is 9.80. The summed E-state index contributed by atoms with van der Waals surface area (Å²) in [5.41, 5.74) is 5.28. The third-order valence-corrected chi connectivity index (χ3v) is 3.76. The molecule has 0 bridgehead atoms. The van der Waals surface area contributed by atoms with Crippen LogP contribution in [0.3, 0.4) is 0 Å². The van der Waals surface area contributed by atoms with Crippen molar-refractivity contribution in [1.82, 2.24) is 14.8 Å². The number of rotatable bonds is 2. The van der Waals surface area contributed by atoms with Crippen LogP contribution in [0.15, 0.2) is 30.3 Å². The van der Waals surface area contributed by atoms with Gasteiger partial charge in [0.15, 0.2) is 0 Å². The van der Waals surface area contributed by atoms with Crippen LogP contribution in [0.25, 0.3) is 26.8 Å². The average molecular weight is 505 g/mol. The first-order chi connectivity index (χ1) is 11.5. The summed E-state index contributed by atoms with van der Waals surface area (Å²) in [6, 6.07) is 12.3. The number of aryl methyl sites for hydroxylation is 3. The molecular weight excluding hydrogens is 490 g/mol. The van der Waals surface area contributed by atoms with E-state index in [2.05, 4.69) is 38.1 Å². The smallest absolute Gasteiger partial charge is 0.357 e. The van der Waals surface area contributed by atoms with Crippen LogP contribution >= 0.6 is 0 Å². The molecule has 2 aromatic carbocycles. The fourth-order valence-electron chi connectivity index (χ4n) is 2.91. The van der Waals surface area contributed by atoms with E-state index in [0.29, 0.717) is 17.1 Å². The van der Waals surface area contributed by atoms with Gasteiger partial charge < -0.3 is 4.85 Å². The van der Waals surface area contributed by atoms with Gasteiger partial charge in [-0.1, -0.05) is 17.7 Å². The monoisotopic (exact) mass is 505 g/mol. The van der Waals surface area contributed by atoms with Crippen LogP contribution in [-0.2, 0) is 20.1 Å². The van der Waals surface area contributed by atoms with E-state index in [9.17, 15) is 0 Å². The van der Waals surface area contributed by atoms with Gasteiger partial charge in [-0.05, 0) is 37.0 Å². The largest absolute Gasteiger partial charge is 0.395 e. The van der Waals surface area contributed by atoms with Crippen molar-refractivity contribution in [2.75, 3.05) is 0 Å². The molecule has 1 aromatic heterocycles. The van der Waals surface area contributed by atoms with Crippen molar-refractivity contribution in [2.24, 2.45) is 0 Å². The molecule has 6 heteroatoms. The van der Waals surface area contributed by atoms with Gasteiger partial charge in [-0.25, -0.2) is 0 Å². The Hall–Kier alpha value is -2.79. The molecule has 0 aliphatic heterocycles. The zero-order valence-corrected chi connectivity index (χ0v) is 16.4. The third-order valence-electron chi connectivity index (χ3n) is 3.76. The van der Waals surface area contributed by atoms with Crippen LogP contribution in [0.5, 0.6) is 0 Å². The van der Waals surface area contributed by atoms with Gasteiger partial charge in [0.05, 0.1) is 12.3 Å². The minimum atomic E-state index is 0. The van der Waals surface area contributed by atoms with Crippen molar-refractivity contribution >= 4 is 11.6 Å². The average Bonchev–Trinajstić information content (AvgIpc) is 2.97. The SMILES string of the molecule is [C-]#[N+]c1cc[c-]c(-c2nnc([N+]#[C-])n2-c2c(C)cc(C)cc2C)c1.[Ir]. The molecule has 0 atom stereocenters. The van der Waals surface area contributed by atoms with Crippen LogP contribution < -0.4 is 0 Å². The molecule has 3 rings (SSSR count). The summed E-state index contributed by atoms with van der Waals surface area (Å²) >= 11 is 0. The molecule has 0 aliphatic rings. The Balaban J connectivity index is 0.00000225. The van der Waals surface area contributed by atoms with Crippen LogP contribution in [0.1, 0.15) is 16.7 Å². The number of hydrogen-bond donors (Lipinski definition) is 0. The molecule has 0 aliphatic carbocycles. The van der Waals surface area contributed by atoms with E-state index in [-0.39, 0.29) is 26.1 Å². The van der Waals surface area contributed by atoms with Crippen molar-refractivity contribution in [3.63, 3.8) is 0 Å². The Labute approximate surface area is 160 Å². The molecule has 0 amide bonds. The standard InChI is InChI=1S/C19H14N5.Ir/c1-12-9-13(2)17(14(3)10-12)24-18(22-23-19(24)21-5)15-7-6-8-16(11-15)20-4;/h6,8-11H,1-3H3;/q-1;. The molecule has 3 aromatic rings. The molecule has 0 unspecified atom stereocenters. The van der Waals surface area contributed by atoms with Gasteiger partial charge in [0.25, 0.3) is 0 Å². The van der Waals surface area contributed by atoms with E-state index in [1.165, 1.54) is 0 Å². The summed E-state index contributed by atoms with van der Waals surface area (Å²) in [6.45, 7) is 20.6. The maximum atomic E-state index is 7.41. The maximum Gasteiger partial charge on any atom is 0.357 e. The van der Waals surface area contributed by atoms with Crippen molar-refractivity contribution < 1.29 is 20.1 Å². The number of nitrogens with zero attached hydrogens (tertiary/aromatic N) is 5. The Kier molecular flexibility index (Phi) is 5.49. The zero-order chi connectivity index (χ0) is 17.3. The molecule has 0 spiro atoms. The molecule has 0 saturated carbocycles. The van der Waals surface area contributed by atoms with Gasteiger partial charge >= 0.3 is 5.95 Å². The van der Waals surface area contributed by atoms with Gasteiger partial charge in [0.1, 0.15) is 11.5 Å². The maximum absolute atomic E-state index is 7.41. The third kappa shape index (κ3) is 3.37. The topological polar surface area (TPSA) is 39.4 Å². The molecule has 25 heavy (non-hydrogen) atoms. The Morgan fingerprint density at radius 3 is 2.28 bits per heavy atom. The van der Waals surface area contributed by atoms with E-state index in [1.54, 1.807) is 22.8 Å². The van der Waals surface area contributed by atoms with Gasteiger partial charge in [0.2, 0.25) is 0 Å². The Morgan fingerprint density at radius 2 is 1.68 bits per heavy atom. The zero-order valence-electron chi connectivity index (χ0n) is 14.0. The fraction of sp³-hybridized carbons (Fsp3) is 0.158.